The molecule has 3 aromatic rings. The molecule has 4 rings (SSSR count). The minimum absolute atomic E-state index is 0.000119. The second-order valence-electron chi connectivity index (χ2n) is 7.36. The molecule has 0 bridgehead atoms. The van der Waals surface area contributed by atoms with Crippen molar-refractivity contribution < 1.29 is 14.3 Å². The summed E-state index contributed by atoms with van der Waals surface area (Å²) in [5.41, 5.74) is 0.670. The Morgan fingerprint density at radius 2 is 1.97 bits per heavy atom. The van der Waals surface area contributed by atoms with E-state index in [2.05, 4.69) is 33.2 Å². The van der Waals surface area contributed by atoms with Gasteiger partial charge in [-0.3, -0.25) is 4.79 Å². The number of hydrogen-bond donors (Lipinski definition) is 1. The van der Waals surface area contributed by atoms with Crippen LogP contribution >= 0.6 is 11.3 Å². The number of piperidine rings is 1. The number of thiophene rings is 1. The van der Waals surface area contributed by atoms with Crippen molar-refractivity contribution in [3.05, 3.63) is 35.5 Å². The smallest absolute Gasteiger partial charge is 0.229 e. The largest absolute Gasteiger partial charge is 0.497 e. The molecule has 0 saturated carbocycles. The fourth-order valence-electron chi connectivity index (χ4n) is 3.83. The molecule has 7 nitrogen and oxygen atoms in total. The molecule has 1 fully saturated rings. The third-order valence-corrected chi connectivity index (χ3v) is 6.61. The van der Waals surface area contributed by atoms with E-state index in [1.165, 1.54) is 4.88 Å². The maximum absolute atomic E-state index is 13.0. The van der Waals surface area contributed by atoms with Crippen LogP contribution in [-0.4, -0.2) is 43.2 Å². The van der Waals surface area contributed by atoms with Crippen molar-refractivity contribution in [2.24, 2.45) is 5.92 Å². The van der Waals surface area contributed by atoms with Crippen LogP contribution in [0.4, 0.5) is 11.5 Å². The molecule has 1 saturated heterocycles. The second-order valence-corrected chi connectivity index (χ2v) is 8.47. The average Bonchev–Trinajstić information content (AvgIpc) is 3.22. The first kappa shape index (κ1) is 20.4. The fraction of sp³-hybridized carbons (Fsp3) is 0.409. The number of methoxy groups -OCH3 is 2. The first-order valence-corrected chi connectivity index (χ1v) is 10.9. The van der Waals surface area contributed by atoms with E-state index in [1.54, 1.807) is 50.1 Å². The molecule has 1 atom stereocenters. The highest BCUT2D eigenvalue weighted by molar-refractivity contribution is 7.18. The van der Waals surface area contributed by atoms with Crippen molar-refractivity contribution in [3.8, 4) is 11.5 Å². The van der Waals surface area contributed by atoms with Gasteiger partial charge in [0, 0.05) is 41.9 Å². The molecule has 3 heterocycles. The number of aryl methyl sites for hydroxylation is 1. The predicted octanol–water partition coefficient (Wildman–Crippen LogP) is 4.13. The zero-order valence-corrected chi connectivity index (χ0v) is 18.3. The van der Waals surface area contributed by atoms with E-state index in [4.69, 9.17) is 9.47 Å². The summed E-state index contributed by atoms with van der Waals surface area (Å²) >= 11 is 1.71. The summed E-state index contributed by atoms with van der Waals surface area (Å²) < 4.78 is 10.6. The number of carbonyl (C=O) groups is 1. The van der Waals surface area contributed by atoms with Crippen LogP contribution in [0.5, 0.6) is 11.5 Å². The van der Waals surface area contributed by atoms with Gasteiger partial charge in [-0.1, -0.05) is 6.92 Å². The van der Waals surface area contributed by atoms with Crippen LogP contribution in [0.15, 0.2) is 30.6 Å². The number of ether oxygens (including phenoxy) is 2. The molecule has 2 aromatic heterocycles. The summed E-state index contributed by atoms with van der Waals surface area (Å²) in [4.78, 5) is 26.5. The van der Waals surface area contributed by atoms with E-state index in [-0.39, 0.29) is 11.8 Å². The van der Waals surface area contributed by atoms with E-state index >= 15 is 0 Å². The van der Waals surface area contributed by atoms with Gasteiger partial charge in [-0.15, -0.1) is 11.3 Å². The molecule has 0 unspecified atom stereocenters. The van der Waals surface area contributed by atoms with E-state index in [0.717, 1.165) is 41.8 Å². The maximum Gasteiger partial charge on any atom is 0.229 e. The van der Waals surface area contributed by atoms with Gasteiger partial charge in [0.05, 0.1) is 25.5 Å². The van der Waals surface area contributed by atoms with Gasteiger partial charge in [0.25, 0.3) is 0 Å². The standard InChI is InChI=1S/C22H26N4O3S/c1-4-18-11-19-20(23-13-24-22(19)30-18)26-7-5-6-14(12-26)21(27)25-15-8-16(28-2)10-17(9-15)29-3/h8-11,13-14H,4-7,12H2,1-3H3,(H,25,27)/t14-/m0/s1. The summed E-state index contributed by atoms with van der Waals surface area (Å²) in [7, 11) is 3.19. The van der Waals surface area contributed by atoms with Crippen molar-refractivity contribution in [2.45, 2.75) is 26.2 Å². The number of rotatable bonds is 6. The van der Waals surface area contributed by atoms with Crippen molar-refractivity contribution in [2.75, 3.05) is 37.5 Å². The number of hydrogen-bond acceptors (Lipinski definition) is 7. The Morgan fingerprint density at radius 3 is 2.67 bits per heavy atom. The van der Waals surface area contributed by atoms with Crippen LogP contribution in [0, 0.1) is 5.92 Å². The number of fused-ring (bicyclic) bond motifs is 1. The lowest BCUT2D eigenvalue weighted by atomic mass is 9.96. The van der Waals surface area contributed by atoms with Crippen LogP contribution in [-0.2, 0) is 11.2 Å². The summed E-state index contributed by atoms with van der Waals surface area (Å²) in [6.45, 7) is 3.67. The lowest BCUT2D eigenvalue weighted by Crippen LogP contribution is -2.41. The minimum atomic E-state index is -0.120. The van der Waals surface area contributed by atoms with Crippen molar-refractivity contribution in [1.82, 2.24) is 9.97 Å². The molecule has 8 heteroatoms. The monoisotopic (exact) mass is 426 g/mol. The molecule has 0 radical (unpaired) electrons. The summed E-state index contributed by atoms with van der Waals surface area (Å²) in [5.74, 6) is 2.09. The molecule has 0 aliphatic carbocycles. The van der Waals surface area contributed by atoms with E-state index < -0.39 is 0 Å². The Balaban J connectivity index is 1.52. The molecule has 1 aliphatic rings. The molecule has 1 aliphatic heterocycles. The number of anilines is 2. The Morgan fingerprint density at radius 1 is 1.20 bits per heavy atom. The highest BCUT2D eigenvalue weighted by Gasteiger charge is 2.28. The first-order valence-electron chi connectivity index (χ1n) is 10.1. The predicted molar refractivity (Wildman–Crippen MR) is 120 cm³/mol. The second kappa shape index (κ2) is 8.87. The topological polar surface area (TPSA) is 76.6 Å². The van der Waals surface area contributed by atoms with Gasteiger partial charge in [-0.05, 0) is 25.3 Å². The Hall–Kier alpha value is -2.87. The van der Waals surface area contributed by atoms with Gasteiger partial charge in [0.2, 0.25) is 5.91 Å². The molecule has 158 valence electrons. The molecular weight excluding hydrogens is 400 g/mol. The lowest BCUT2D eigenvalue weighted by Gasteiger charge is -2.33. The number of amides is 1. The molecule has 1 N–H and O–H groups in total. The molecule has 1 amide bonds. The molecule has 0 spiro atoms. The van der Waals surface area contributed by atoms with Gasteiger partial charge in [-0.25, -0.2) is 9.97 Å². The van der Waals surface area contributed by atoms with Crippen LogP contribution in [0.1, 0.15) is 24.6 Å². The Kier molecular flexibility index (Phi) is 6.03. The van der Waals surface area contributed by atoms with E-state index in [9.17, 15) is 4.79 Å². The normalized spacial score (nSPS) is 16.5. The van der Waals surface area contributed by atoms with Gasteiger partial charge < -0.3 is 19.7 Å². The zero-order valence-electron chi connectivity index (χ0n) is 17.5. The van der Waals surface area contributed by atoms with Crippen LogP contribution in [0.25, 0.3) is 10.2 Å². The number of nitrogens with zero attached hydrogens (tertiary/aromatic N) is 3. The number of carbonyl (C=O) groups excluding carboxylic acids is 1. The van der Waals surface area contributed by atoms with Crippen LogP contribution in [0.3, 0.4) is 0 Å². The summed E-state index contributed by atoms with van der Waals surface area (Å²) in [6, 6.07) is 7.56. The quantitative estimate of drug-likeness (QED) is 0.639. The number of benzene rings is 1. The molecule has 30 heavy (non-hydrogen) atoms. The third kappa shape index (κ3) is 4.18. The third-order valence-electron chi connectivity index (χ3n) is 5.42. The SMILES string of the molecule is CCc1cc2c(N3CCC[C@H](C(=O)Nc4cc(OC)cc(OC)c4)C3)ncnc2s1. The van der Waals surface area contributed by atoms with Gasteiger partial charge >= 0.3 is 0 Å². The summed E-state index contributed by atoms with van der Waals surface area (Å²) in [5, 5.41) is 4.11. The molecule has 1 aromatic carbocycles. The number of aromatic nitrogens is 2. The summed E-state index contributed by atoms with van der Waals surface area (Å²) in [6.07, 6.45) is 4.40. The van der Waals surface area contributed by atoms with Crippen molar-refractivity contribution in [1.29, 1.82) is 0 Å². The fourth-order valence-corrected chi connectivity index (χ4v) is 4.76. The Labute approximate surface area is 180 Å². The van der Waals surface area contributed by atoms with Gasteiger partial charge in [-0.2, -0.15) is 0 Å². The Bertz CT molecular complexity index is 1030. The highest BCUT2D eigenvalue weighted by Crippen LogP contribution is 2.33. The highest BCUT2D eigenvalue weighted by atomic mass is 32.1. The first-order chi connectivity index (χ1) is 14.6. The molecular formula is C22H26N4O3S. The van der Waals surface area contributed by atoms with Crippen molar-refractivity contribution in [3.63, 3.8) is 0 Å². The van der Waals surface area contributed by atoms with Gasteiger partial charge in [0.15, 0.2) is 0 Å². The lowest BCUT2D eigenvalue weighted by molar-refractivity contribution is -0.120. The van der Waals surface area contributed by atoms with E-state index in [1.807, 2.05) is 0 Å². The maximum atomic E-state index is 13.0. The van der Waals surface area contributed by atoms with Gasteiger partial charge in [0.1, 0.15) is 28.5 Å². The number of nitrogens with one attached hydrogen (secondary N) is 1. The minimum Gasteiger partial charge on any atom is -0.497 e. The van der Waals surface area contributed by atoms with Crippen molar-refractivity contribution >= 4 is 39.0 Å². The van der Waals surface area contributed by atoms with E-state index in [0.29, 0.717) is 23.7 Å². The zero-order chi connectivity index (χ0) is 21.1. The van der Waals surface area contributed by atoms with Crippen LogP contribution < -0.4 is 19.7 Å². The average molecular weight is 427 g/mol. The van der Waals surface area contributed by atoms with Crippen LogP contribution in [0.2, 0.25) is 0 Å².